The van der Waals surface area contributed by atoms with Gasteiger partial charge in [0.25, 0.3) is 0 Å². The third-order valence-electron chi connectivity index (χ3n) is 4.26. The summed E-state index contributed by atoms with van der Waals surface area (Å²) in [5.41, 5.74) is 0.265. The number of aromatic amines is 1. The van der Waals surface area contributed by atoms with Crippen LogP contribution in [0.3, 0.4) is 0 Å². The van der Waals surface area contributed by atoms with Crippen molar-refractivity contribution >= 4 is 16.8 Å². The Labute approximate surface area is 150 Å². The second-order valence-electron chi connectivity index (χ2n) is 6.40. The molecule has 1 saturated carbocycles. The van der Waals surface area contributed by atoms with Crippen LogP contribution in [0, 0.1) is 0 Å². The molecular formula is C18H27NO5S. The predicted molar refractivity (Wildman–Crippen MR) is 97.1 cm³/mol. The van der Waals surface area contributed by atoms with Gasteiger partial charge in [0.2, 0.25) is 5.43 Å². The van der Waals surface area contributed by atoms with Gasteiger partial charge in [-0.25, -0.2) is 0 Å². The van der Waals surface area contributed by atoms with Crippen molar-refractivity contribution in [2.24, 2.45) is 0 Å². The van der Waals surface area contributed by atoms with Crippen molar-refractivity contribution in [2.45, 2.75) is 69.5 Å². The normalized spacial score (nSPS) is 17.7. The number of hydrogen-bond donors (Lipinski definition) is 1. The number of hydrogen-bond acceptors (Lipinski definition) is 5. The molecule has 2 unspecified atom stereocenters. The molecule has 0 amide bonds. The van der Waals surface area contributed by atoms with Crippen LogP contribution in [0.25, 0.3) is 0 Å². The van der Waals surface area contributed by atoms with Crippen LogP contribution in [0.4, 0.5) is 0 Å². The van der Waals surface area contributed by atoms with Crippen LogP contribution in [0.1, 0.15) is 58.1 Å². The molecule has 1 fully saturated rings. The van der Waals surface area contributed by atoms with E-state index in [2.05, 4.69) is 4.98 Å². The molecule has 0 aliphatic heterocycles. The highest BCUT2D eigenvalue weighted by atomic mass is 32.2. The van der Waals surface area contributed by atoms with Gasteiger partial charge in [0.05, 0.1) is 12.4 Å². The Morgan fingerprint density at radius 2 is 2.08 bits per heavy atom. The largest absolute Gasteiger partial charge is 0.488 e. The maximum atomic E-state index is 12.4. The van der Waals surface area contributed by atoms with E-state index in [4.69, 9.17) is 9.47 Å². The first-order valence-electron chi connectivity index (χ1n) is 8.93. The molecule has 1 aliphatic carbocycles. The highest BCUT2D eigenvalue weighted by Gasteiger charge is 2.26. The maximum absolute atomic E-state index is 12.4. The Morgan fingerprint density at radius 1 is 1.36 bits per heavy atom. The zero-order valence-electron chi connectivity index (χ0n) is 14.9. The van der Waals surface area contributed by atoms with Gasteiger partial charge in [-0.3, -0.25) is 13.8 Å². The summed E-state index contributed by atoms with van der Waals surface area (Å²) in [6.45, 7) is 4.04. The monoisotopic (exact) mass is 369 g/mol. The molecule has 140 valence electrons. The minimum Gasteiger partial charge on any atom is -0.488 e. The topological polar surface area (TPSA) is 85.5 Å². The number of H-pyrrole nitrogens is 1. The summed E-state index contributed by atoms with van der Waals surface area (Å²) < 4.78 is 23.2. The van der Waals surface area contributed by atoms with E-state index in [1.165, 1.54) is 18.7 Å². The first-order valence-corrected chi connectivity index (χ1v) is 10.3. The number of nitrogens with one attached hydrogen (secondary N) is 1. The Morgan fingerprint density at radius 3 is 2.72 bits per heavy atom. The molecule has 0 bridgehead atoms. The lowest BCUT2D eigenvalue weighted by Crippen LogP contribution is -2.31. The van der Waals surface area contributed by atoms with Crippen molar-refractivity contribution in [3.63, 3.8) is 0 Å². The van der Waals surface area contributed by atoms with E-state index in [-0.39, 0.29) is 23.0 Å². The molecule has 0 radical (unpaired) electrons. The molecule has 1 aliphatic rings. The lowest BCUT2D eigenvalue weighted by Gasteiger charge is -2.23. The van der Waals surface area contributed by atoms with Gasteiger partial charge < -0.3 is 14.5 Å². The highest BCUT2D eigenvalue weighted by Crippen LogP contribution is 2.21. The van der Waals surface area contributed by atoms with Gasteiger partial charge >= 0.3 is 5.97 Å². The molecule has 1 aromatic heterocycles. The molecule has 1 N–H and O–H groups in total. The standard InChI is InChI=1S/C18H27NO5S/c1-3-9-23-17-11-19-14(10-16(17)20)12-25(22)13(2)18(21)24-15-7-5-4-6-8-15/h10-11,13,15H,3-9,12H2,1-2H3,(H,19,20). The Kier molecular flexibility index (Phi) is 7.68. The fourth-order valence-corrected chi connectivity index (χ4v) is 3.73. The van der Waals surface area contributed by atoms with Crippen molar-refractivity contribution in [2.75, 3.05) is 6.61 Å². The summed E-state index contributed by atoms with van der Waals surface area (Å²) in [4.78, 5) is 27.1. The number of pyridine rings is 1. The fourth-order valence-electron chi connectivity index (χ4n) is 2.74. The molecule has 7 heteroatoms. The number of esters is 1. The molecule has 0 aromatic carbocycles. The van der Waals surface area contributed by atoms with Gasteiger partial charge in [-0.2, -0.15) is 0 Å². The zero-order chi connectivity index (χ0) is 18.2. The molecular weight excluding hydrogens is 342 g/mol. The van der Waals surface area contributed by atoms with Gasteiger partial charge in [-0.05, 0) is 39.0 Å². The van der Waals surface area contributed by atoms with Crippen LogP contribution in [-0.2, 0) is 26.1 Å². The van der Waals surface area contributed by atoms with Crippen molar-refractivity contribution in [1.29, 1.82) is 0 Å². The zero-order valence-corrected chi connectivity index (χ0v) is 15.7. The summed E-state index contributed by atoms with van der Waals surface area (Å²) in [7, 11) is -1.46. The minimum absolute atomic E-state index is 0.0458. The van der Waals surface area contributed by atoms with Gasteiger partial charge in [0.1, 0.15) is 11.4 Å². The third kappa shape index (κ3) is 5.99. The summed E-state index contributed by atoms with van der Waals surface area (Å²) in [5, 5.41) is -0.721. The van der Waals surface area contributed by atoms with E-state index in [1.54, 1.807) is 6.92 Å². The average molecular weight is 369 g/mol. The van der Waals surface area contributed by atoms with Crippen LogP contribution < -0.4 is 10.2 Å². The van der Waals surface area contributed by atoms with Gasteiger partial charge in [-0.1, -0.05) is 13.3 Å². The Bertz CT molecular complexity index is 651. The first-order chi connectivity index (χ1) is 12.0. The Hall–Kier alpha value is -1.63. The smallest absolute Gasteiger partial charge is 0.321 e. The number of ether oxygens (including phenoxy) is 2. The summed E-state index contributed by atoms with van der Waals surface area (Å²) in [6, 6.07) is 1.38. The lowest BCUT2D eigenvalue weighted by atomic mass is 9.98. The predicted octanol–water partition coefficient (Wildman–Crippen LogP) is 2.68. The molecule has 0 saturated heterocycles. The molecule has 25 heavy (non-hydrogen) atoms. The van der Waals surface area contributed by atoms with Crippen LogP contribution in [0.2, 0.25) is 0 Å². The number of carbonyl (C=O) groups is 1. The van der Waals surface area contributed by atoms with Gasteiger partial charge in [-0.15, -0.1) is 0 Å². The first kappa shape index (κ1) is 19.7. The van der Waals surface area contributed by atoms with Crippen molar-refractivity contribution < 1.29 is 18.5 Å². The van der Waals surface area contributed by atoms with Crippen molar-refractivity contribution in [3.8, 4) is 5.75 Å². The van der Waals surface area contributed by atoms with Crippen LogP contribution in [0.15, 0.2) is 17.1 Å². The summed E-state index contributed by atoms with van der Waals surface area (Å²) in [6.07, 6.45) is 7.35. The van der Waals surface area contributed by atoms with E-state index in [0.29, 0.717) is 12.3 Å². The van der Waals surface area contributed by atoms with Gasteiger partial charge in [0.15, 0.2) is 5.75 Å². The molecule has 2 rings (SSSR count). The maximum Gasteiger partial charge on any atom is 0.321 e. The lowest BCUT2D eigenvalue weighted by molar-refractivity contribution is -0.149. The Balaban J connectivity index is 1.90. The molecule has 1 aromatic rings. The molecule has 6 nitrogen and oxygen atoms in total. The average Bonchev–Trinajstić information content (AvgIpc) is 2.61. The fraction of sp³-hybridized carbons (Fsp3) is 0.667. The van der Waals surface area contributed by atoms with Crippen molar-refractivity contribution in [3.05, 3.63) is 28.2 Å². The van der Waals surface area contributed by atoms with Crippen LogP contribution >= 0.6 is 0 Å². The van der Waals surface area contributed by atoms with Gasteiger partial charge in [0, 0.05) is 28.8 Å². The third-order valence-corrected chi connectivity index (χ3v) is 5.83. The summed E-state index contributed by atoms with van der Waals surface area (Å²) >= 11 is 0. The second-order valence-corrected chi connectivity index (χ2v) is 8.16. The van der Waals surface area contributed by atoms with E-state index in [0.717, 1.165) is 32.1 Å². The number of carbonyl (C=O) groups excluding carboxylic acids is 1. The minimum atomic E-state index is -1.46. The second kappa shape index (κ2) is 9.75. The van der Waals surface area contributed by atoms with Crippen molar-refractivity contribution in [1.82, 2.24) is 4.98 Å². The number of rotatable bonds is 8. The highest BCUT2D eigenvalue weighted by molar-refractivity contribution is 7.85. The van der Waals surface area contributed by atoms with E-state index >= 15 is 0 Å². The van der Waals surface area contributed by atoms with E-state index in [9.17, 15) is 13.8 Å². The van der Waals surface area contributed by atoms with E-state index in [1.807, 2.05) is 6.92 Å². The molecule has 1 heterocycles. The number of aromatic nitrogens is 1. The van der Waals surface area contributed by atoms with Crippen LogP contribution in [-0.4, -0.2) is 33.1 Å². The SMILES string of the molecule is CCCOc1c[nH]c(CS(=O)C(C)C(=O)OC2CCCCC2)cc1=O. The van der Waals surface area contributed by atoms with E-state index < -0.39 is 22.0 Å². The molecule has 2 atom stereocenters. The summed E-state index contributed by atoms with van der Waals surface area (Å²) in [5.74, 6) is -0.0684. The molecule has 0 spiro atoms. The van der Waals surface area contributed by atoms with Crippen LogP contribution in [0.5, 0.6) is 5.75 Å². The quantitative estimate of drug-likeness (QED) is 0.712.